The van der Waals surface area contributed by atoms with Gasteiger partial charge in [-0.3, -0.25) is 4.79 Å². The monoisotopic (exact) mass is 354 g/mol. The molecule has 122 valence electrons. The van der Waals surface area contributed by atoms with E-state index < -0.39 is 5.97 Å². The molecule has 1 heterocycles. The van der Waals surface area contributed by atoms with E-state index in [1.807, 2.05) is 6.07 Å². The highest BCUT2D eigenvalue weighted by atomic mass is 35.5. The number of hydrogen-bond donors (Lipinski definition) is 1. The van der Waals surface area contributed by atoms with Gasteiger partial charge in [-0.25, -0.2) is 0 Å². The maximum absolute atomic E-state index is 10.4. The Morgan fingerprint density at radius 3 is 2.96 bits per heavy atom. The molecule has 1 aromatic carbocycles. The quantitative estimate of drug-likeness (QED) is 0.568. The minimum absolute atomic E-state index is 0.127. The topological polar surface area (TPSA) is 85.5 Å². The summed E-state index contributed by atoms with van der Waals surface area (Å²) in [6, 6.07) is 5.38. The molecule has 23 heavy (non-hydrogen) atoms. The van der Waals surface area contributed by atoms with Gasteiger partial charge in [0.05, 0.1) is 16.7 Å². The first-order valence-electron chi connectivity index (χ1n) is 7.26. The number of aliphatic carboxylic acids is 1. The summed E-state index contributed by atoms with van der Waals surface area (Å²) in [6.07, 6.45) is 3.17. The molecule has 3 rings (SSSR count). The van der Waals surface area contributed by atoms with Crippen molar-refractivity contribution >= 4 is 29.3 Å². The number of hydrogen-bond acceptors (Lipinski definition) is 6. The lowest BCUT2D eigenvalue weighted by Crippen LogP contribution is -1.95. The Hall–Kier alpha value is -1.73. The van der Waals surface area contributed by atoms with Crippen molar-refractivity contribution in [1.29, 1.82) is 0 Å². The van der Waals surface area contributed by atoms with Crippen molar-refractivity contribution < 1.29 is 19.1 Å². The molecule has 0 amide bonds. The molecule has 0 spiro atoms. The fourth-order valence-corrected chi connectivity index (χ4v) is 2.83. The van der Waals surface area contributed by atoms with Gasteiger partial charge in [-0.2, -0.15) is 0 Å². The molecule has 1 aliphatic rings. The minimum atomic E-state index is -0.808. The molecule has 0 bridgehead atoms. The molecule has 0 saturated heterocycles. The Morgan fingerprint density at radius 1 is 1.43 bits per heavy atom. The normalized spacial score (nSPS) is 14.0. The van der Waals surface area contributed by atoms with Crippen LogP contribution in [0.5, 0.6) is 5.75 Å². The summed E-state index contributed by atoms with van der Waals surface area (Å²) < 4.78 is 11.2. The van der Waals surface area contributed by atoms with Gasteiger partial charge in [0.25, 0.3) is 5.22 Å². The number of nitrogens with zero attached hydrogens (tertiary/aromatic N) is 2. The summed E-state index contributed by atoms with van der Waals surface area (Å²) >= 11 is 7.59. The van der Waals surface area contributed by atoms with Crippen LogP contribution in [-0.4, -0.2) is 33.1 Å². The van der Waals surface area contributed by atoms with E-state index in [-0.39, 0.29) is 6.42 Å². The summed E-state index contributed by atoms with van der Waals surface area (Å²) in [5.74, 6) is 0.880. The van der Waals surface area contributed by atoms with Crippen LogP contribution in [0.3, 0.4) is 0 Å². The first kappa shape index (κ1) is 16.1. The van der Waals surface area contributed by atoms with Crippen LogP contribution in [0, 0.1) is 0 Å². The van der Waals surface area contributed by atoms with Gasteiger partial charge >= 0.3 is 5.97 Å². The predicted octanol–water partition coefficient (Wildman–Crippen LogP) is 3.89. The summed E-state index contributed by atoms with van der Waals surface area (Å²) in [5, 5.41) is 17.4. The number of aromatic nitrogens is 2. The highest BCUT2D eigenvalue weighted by Crippen LogP contribution is 2.34. The van der Waals surface area contributed by atoms with E-state index in [0.29, 0.717) is 40.0 Å². The third-order valence-electron chi connectivity index (χ3n) is 3.17. The first-order chi connectivity index (χ1) is 11.1. The van der Waals surface area contributed by atoms with E-state index in [2.05, 4.69) is 10.2 Å². The fraction of sp³-hybridized carbons (Fsp3) is 0.400. The summed E-state index contributed by atoms with van der Waals surface area (Å²) in [4.78, 5) is 10.4. The SMILES string of the molecule is O=C(O)CCCSc1nnc(-c2ccc(OC3CC3)cc2Cl)o1. The largest absolute Gasteiger partial charge is 0.490 e. The molecular weight excluding hydrogens is 340 g/mol. The standard InChI is InChI=1S/C15H15ClN2O4S/c16-12-8-10(21-9-3-4-9)5-6-11(12)14-17-18-15(22-14)23-7-1-2-13(19)20/h5-6,8-9H,1-4,7H2,(H,19,20). The second-order valence-corrected chi connectivity index (χ2v) is 6.63. The van der Waals surface area contributed by atoms with E-state index in [4.69, 9.17) is 25.9 Å². The smallest absolute Gasteiger partial charge is 0.303 e. The van der Waals surface area contributed by atoms with E-state index in [9.17, 15) is 4.79 Å². The first-order valence-corrected chi connectivity index (χ1v) is 8.63. The average molecular weight is 355 g/mol. The van der Waals surface area contributed by atoms with Crippen LogP contribution < -0.4 is 4.74 Å². The van der Waals surface area contributed by atoms with Gasteiger partial charge in [0, 0.05) is 12.2 Å². The molecule has 8 heteroatoms. The highest BCUT2D eigenvalue weighted by Gasteiger charge is 2.24. The molecule has 1 fully saturated rings. The second kappa shape index (κ2) is 7.23. The zero-order chi connectivity index (χ0) is 16.2. The molecule has 0 aliphatic heterocycles. The Kier molecular flexibility index (Phi) is 5.07. The van der Waals surface area contributed by atoms with Gasteiger partial charge in [0.1, 0.15) is 5.75 Å². The van der Waals surface area contributed by atoms with Gasteiger partial charge in [-0.05, 0) is 37.5 Å². The van der Waals surface area contributed by atoms with E-state index in [0.717, 1.165) is 18.6 Å². The van der Waals surface area contributed by atoms with Gasteiger partial charge in [-0.1, -0.05) is 23.4 Å². The Balaban J connectivity index is 1.61. The Morgan fingerprint density at radius 2 is 2.26 bits per heavy atom. The summed E-state index contributed by atoms with van der Waals surface area (Å²) in [7, 11) is 0. The van der Waals surface area contributed by atoms with Gasteiger partial charge in [-0.15, -0.1) is 10.2 Å². The number of halogens is 1. The molecule has 1 aromatic heterocycles. The lowest BCUT2D eigenvalue weighted by Gasteiger charge is -2.06. The Labute approximate surface area is 142 Å². The van der Waals surface area contributed by atoms with E-state index in [1.165, 1.54) is 11.8 Å². The molecule has 1 N–H and O–H groups in total. The second-order valence-electron chi connectivity index (χ2n) is 5.18. The molecule has 1 saturated carbocycles. The van der Waals surface area contributed by atoms with Crippen molar-refractivity contribution in [2.45, 2.75) is 37.0 Å². The number of carboxylic acid groups (broad SMARTS) is 1. The number of rotatable bonds is 8. The van der Waals surface area contributed by atoms with Crippen molar-refractivity contribution in [3.63, 3.8) is 0 Å². The number of benzene rings is 1. The van der Waals surface area contributed by atoms with Crippen molar-refractivity contribution in [3.05, 3.63) is 23.2 Å². The molecule has 1 aliphatic carbocycles. The van der Waals surface area contributed by atoms with Crippen LogP contribution in [0.1, 0.15) is 25.7 Å². The molecule has 0 unspecified atom stereocenters. The zero-order valence-electron chi connectivity index (χ0n) is 12.2. The average Bonchev–Trinajstić information content (AvgIpc) is 3.19. The molecule has 0 radical (unpaired) electrons. The van der Waals surface area contributed by atoms with Crippen LogP contribution >= 0.6 is 23.4 Å². The van der Waals surface area contributed by atoms with Crippen LogP contribution in [0.2, 0.25) is 5.02 Å². The van der Waals surface area contributed by atoms with Gasteiger partial charge in [0.2, 0.25) is 5.89 Å². The zero-order valence-corrected chi connectivity index (χ0v) is 13.8. The van der Waals surface area contributed by atoms with Crippen LogP contribution in [0.4, 0.5) is 0 Å². The van der Waals surface area contributed by atoms with Crippen LogP contribution in [-0.2, 0) is 4.79 Å². The van der Waals surface area contributed by atoms with Crippen LogP contribution in [0.15, 0.2) is 27.8 Å². The third-order valence-corrected chi connectivity index (χ3v) is 4.38. The highest BCUT2D eigenvalue weighted by molar-refractivity contribution is 7.99. The van der Waals surface area contributed by atoms with E-state index in [1.54, 1.807) is 12.1 Å². The van der Waals surface area contributed by atoms with Crippen LogP contribution in [0.25, 0.3) is 11.5 Å². The van der Waals surface area contributed by atoms with Crippen molar-refractivity contribution in [1.82, 2.24) is 10.2 Å². The van der Waals surface area contributed by atoms with Gasteiger partial charge in [0.15, 0.2) is 0 Å². The van der Waals surface area contributed by atoms with Crippen molar-refractivity contribution in [2.75, 3.05) is 5.75 Å². The molecule has 0 atom stereocenters. The number of thioether (sulfide) groups is 1. The number of ether oxygens (including phenoxy) is 1. The lowest BCUT2D eigenvalue weighted by atomic mass is 10.2. The van der Waals surface area contributed by atoms with Crippen molar-refractivity contribution in [3.8, 4) is 17.2 Å². The number of carboxylic acids is 1. The Bertz CT molecular complexity index is 703. The lowest BCUT2D eigenvalue weighted by molar-refractivity contribution is -0.137. The molecule has 6 nitrogen and oxygen atoms in total. The fourth-order valence-electron chi connectivity index (χ4n) is 1.88. The molecule has 2 aromatic rings. The number of carbonyl (C=O) groups is 1. The summed E-state index contributed by atoms with van der Waals surface area (Å²) in [6.45, 7) is 0. The predicted molar refractivity (Wildman–Crippen MR) is 86.0 cm³/mol. The maximum Gasteiger partial charge on any atom is 0.303 e. The minimum Gasteiger partial charge on any atom is -0.490 e. The third kappa shape index (κ3) is 4.62. The molecular formula is C15H15ClN2O4S. The van der Waals surface area contributed by atoms with Gasteiger partial charge < -0.3 is 14.3 Å². The maximum atomic E-state index is 10.4. The van der Waals surface area contributed by atoms with Crippen molar-refractivity contribution in [2.24, 2.45) is 0 Å². The van der Waals surface area contributed by atoms with E-state index >= 15 is 0 Å². The summed E-state index contributed by atoms with van der Waals surface area (Å²) in [5.41, 5.74) is 0.652.